The molecule has 1 aliphatic heterocycles. The van der Waals surface area contributed by atoms with Crippen LogP contribution in [0.3, 0.4) is 0 Å². The number of carbonyl (C=O) groups excluding carboxylic acids is 2. The summed E-state index contributed by atoms with van der Waals surface area (Å²) in [6.45, 7) is 8.02. The predicted molar refractivity (Wildman–Crippen MR) is 111 cm³/mol. The minimum Gasteiger partial charge on any atom is -0.491 e. The zero-order chi connectivity index (χ0) is 20.1. The van der Waals surface area contributed by atoms with E-state index in [0.29, 0.717) is 25.1 Å². The van der Waals surface area contributed by atoms with Crippen molar-refractivity contribution in [3.05, 3.63) is 59.7 Å². The van der Waals surface area contributed by atoms with Crippen molar-refractivity contribution in [2.45, 2.75) is 39.0 Å². The van der Waals surface area contributed by atoms with Gasteiger partial charge in [-0.1, -0.05) is 39.0 Å². The van der Waals surface area contributed by atoms with Gasteiger partial charge in [0.15, 0.2) is 0 Å². The van der Waals surface area contributed by atoms with Gasteiger partial charge in [-0.2, -0.15) is 0 Å². The Morgan fingerprint density at radius 2 is 1.82 bits per heavy atom. The van der Waals surface area contributed by atoms with Crippen LogP contribution in [0.15, 0.2) is 48.5 Å². The third-order valence-corrected chi connectivity index (χ3v) is 4.85. The Kier molecular flexibility index (Phi) is 6.02. The number of hydrogen-bond acceptors (Lipinski definition) is 3. The first-order valence-electron chi connectivity index (χ1n) is 9.77. The molecule has 0 saturated carbocycles. The summed E-state index contributed by atoms with van der Waals surface area (Å²) in [5.41, 5.74) is 2.57. The fourth-order valence-corrected chi connectivity index (χ4v) is 3.35. The van der Waals surface area contributed by atoms with Gasteiger partial charge in [-0.3, -0.25) is 9.59 Å². The second kappa shape index (κ2) is 8.46. The molecule has 1 saturated heterocycles. The van der Waals surface area contributed by atoms with E-state index in [2.05, 4.69) is 32.2 Å². The molecule has 28 heavy (non-hydrogen) atoms. The molecule has 5 nitrogen and oxygen atoms in total. The van der Waals surface area contributed by atoms with Gasteiger partial charge in [0.2, 0.25) is 5.91 Å². The summed E-state index contributed by atoms with van der Waals surface area (Å²) >= 11 is 0. The molecule has 3 rings (SSSR count). The normalized spacial score (nSPS) is 14.2. The highest BCUT2D eigenvalue weighted by Crippen LogP contribution is 2.30. The highest BCUT2D eigenvalue weighted by atomic mass is 16.5. The Bertz CT molecular complexity index is 838. The third kappa shape index (κ3) is 4.71. The summed E-state index contributed by atoms with van der Waals surface area (Å²) < 4.78 is 5.89. The van der Waals surface area contributed by atoms with Crippen LogP contribution in [-0.4, -0.2) is 31.5 Å². The van der Waals surface area contributed by atoms with Crippen molar-refractivity contribution < 1.29 is 14.3 Å². The Morgan fingerprint density at radius 1 is 1.11 bits per heavy atom. The largest absolute Gasteiger partial charge is 0.491 e. The summed E-state index contributed by atoms with van der Waals surface area (Å²) in [7, 11) is 0. The lowest BCUT2D eigenvalue weighted by Crippen LogP contribution is -2.28. The van der Waals surface area contributed by atoms with Crippen LogP contribution in [0.2, 0.25) is 0 Å². The van der Waals surface area contributed by atoms with Crippen molar-refractivity contribution in [1.29, 1.82) is 0 Å². The average molecular weight is 380 g/mol. The fraction of sp³-hybridized carbons (Fsp3) is 0.391. The minimum atomic E-state index is -0.146. The zero-order valence-corrected chi connectivity index (χ0v) is 16.8. The maximum Gasteiger partial charge on any atom is 0.251 e. The van der Waals surface area contributed by atoms with Gasteiger partial charge in [-0.25, -0.2) is 0 Å². The summed E-state index contributed by atoms with van der Waals surface area (Å²) in [4.78, 5) is 25.9. The number of para-hydroxylation sites is 1. The third-order valence-electron chi connectivity index (χ3n) is 4.85. The van der Waals surface area contributed by atoms with Crippen molar-refractivity contribution in [3.63, 3.8) is 0 Å². The molecule has 0 aromatic heterocycles. The van der Waals surface area contributed by atoms with E-state index in [9.17, 15) is 9.59 Å². The first-order valence-corrected chi connectivity index (χ1v) is 9.77. The number of benzene rings is 2. The van der Waals surface area contributed by atoms with Crippen LogP contribution in [0.1, 0.15) is 49.5 Å². The molecule has 2 aromatic rings. The smallest absolute Gasteiger partial charge is 0.251 e. The Balaban J connectivity index is 1.51. The monoisotopic (exact) mass is 380 g/mol. The first-order chi connectivity index (χ1) is 13.4. The van der Waals surface area contributed by atoms with Crippen molar-refractivity contribution in [3.8, 4) is 5.75 Å². The van der Waals surface area contributed by atoms with Gasteiger partial charge in [0.1, 0.15) is 12.4 Å². The molecule has 1 fully saturated rings. The van der Waals surface area contributed by atoms with Crippen LogP contribution in [0.25, 0.3) is 0 Å². The van der Waals surface area contributed by atoms with Gasteiger partial charge >= 0.3 is 0 Å². The van der Waals surface area contributed by atoms with Gasteiger partial charge in [-0.15, -0.1) is 0 Å². The maximum absolute atomic E-state index is 12.3. The summed E-state index contributed by atoms with van der Waals surface area (Å²) in [6, 6.07) is 15.2. The standard InChI is InChI=1S/C23H28N2O3/c1-23(2,3)19-7-4-5-8-20(19)28-16-14-24-22(27)17-10-12-18(13-11-17)25-15-6-9-21(25)26/h4-5,7-8,10-13H,6,9,14-16H2,1-3H3,(H,24,27). The molecule has 148 valence electrons. The molecule has 1 heterocycles. The van der Waals surface area contributed by atoms with Gasteiger partial charge in [0, 0.05) is 24.2 Å². The molecule has 0 atom stereocenters. The molecule has 0 aliphatic carbocycles. The van der Waals surface area contributed by atoms with E-state index < -0.39 is 0 Å². The molecule has 0 unspecified atom stereocenters. The van der Waals surface area contributed by atoms with Crippen molar-refractivity contribution >= 4 is 17.5 Å². The highest BCUT2D eigenvalue weighted by Gasteiger charge is 2.21. The highest BCUT2D eigenvalue weighted by molar-refractivity contribution is 5.97. The molecule has 2 amide bonds. The second-order valence-electron chi connectivity index (χ2n) is 8.05. The number of ether oxygens (including phenoxy) is 1. The number of amides is 2. The van der Waals surface area contributed by atoms with Crippen LogP contribution < -0.4 is 15.0 Å². The minimum absolute atomic E-state index is 0.00168. The molecule has 2 aromatic carbocycles. The first kappa shape index (κ1) is 19.9. The Morgan fingerprint density at radius 3 is 2.46 bits per heavy atom. The van der Waals surface area contributed by atoms with Crippen LogP contribution in [0.5, 0.6) is 5.75 Å². The van der Waals surface area contributed by atoms with Crippen molar-refractivity contribution in [1.82, 2.24) is 5.32 Å². The molecule has 0 bridgehead atoms. The number of nitrogens with zero attached hydrogens (tertiary/aromatic N) is 1. The van der Waals surface area contributed by atoms with E-state index in [1.54, 1.807) is 17.0 Å². The van der Waals surface area contributed by atoms with Crippen LogP contribution >= 0.6 is 0 Å². The van der Waals surface area contributed by atoms with E-state index >= 15 is 0 Å². The van der Waals surface area contributed by atoms with Gasteiger partial charge in [-0.05, 0) is 47.7 Å². The van der Waals surface area contributed by atoms with E-state index in [1.165, 1.54) is 0 Å². The predicted octanol–water partition coefficient (Wildman–Crippen LogP) is 3.92. The number of anilines is 1. The molecule has 0 spiro atoms. The van der Waals surface area contributed by atoms with E-state index in [0.717, 1.165) is 30.0 Å². The molecule has 1 aliphatic rings. The molecule has 0 radical (unpaired) electrons. The van der Waals surface area contributed by atoms with Crippen LogP contribution in [0.4, 0.5) is 5.69 Å². The summed E-state index contributed by atoms with van der Waals surface area (Å²) in [6.07, 6.45) is 1.49. The number of nitrogens with one attached hydrogen (secondary N) is 1. The SMILES string of the molecule is CC(C)(C)c1ccccc1OCCNC(=O)c1ccc(N2CCCC2=O)cc1. The van der Waals surface area contributed by atoms with E-state index in [1.807, 2.05) is 30.3 Å². The molecular weight excluding hydrogens is 352 g/mol. The van der Waals surface area contributed by atoms with Crippen molar-refractivity contribution in [2.24, 2.45) is 0 Å². The van der Waals surface area contributed by atoms with Crippen LogP contribution in [-0.2, 0) is 10.2 Å². The maximum atomic E-state index is 12.3. The fourth-order valence-electron chi connectivity index (χ4n) is 3.35. The lowest BCUT2D eigenvalue weighted by Gasteiger charge is -2.22. The average Bonchev–Trinajstić information content (AvgIpc) is 3.10. The van der Waals surface area contributed by atoms with Crippen LogP contribution in [0, 0.1) is 0 Å². The second-order valence-corrected chi connectivity index (χ2v) is 8.05. The summed E-state index contributed by atoms with van der Waals surface area (Å²) in [5, 5.41) is 2.88. The molecular formula is C23H28N2O3. The number of carbonyl (C=O) groups is 2. The Hall–Kier alpha value is -2.82. The summed E-state index contributed by atoms with van der Waals surface area (Å²) in [5.74, 6) is 0.848. The zero-order valence-electron chi connectivity index (χ0n) is 16.8. The van der Waals surface area contributed by atoms with E-state index in [4.69, 9.17) is 4.74 Å². The van der Waals surface area contributed by atoms with Gasteiger partial charge < -0.3 is 15.0 Å². The van der Waals surface area contributed by atoms with Gasteiger partial charge in [0.25, 0.3) is 5.91 Å². The lowest BCUT2D eigenvalue weighted by molar-refractivity contribution is -0.117. The van der Waals surface area contributed by atoms with Gasteiger partial charge in [0.05, 0.1) is 6.54 Å². The lowest BCUT2D eigenvalue weighted by atomic mass is 9.86. The number of rotatable bonds is 6. The molecule has 1 N–H and O–H groups in total. The van der Waals surface area contributed by atoms with Crippen molar-refractivity contribution in [2.75, 3.05) is 24.6 Å². The Labute approximate surface area is 166 Å². The number of hydrogen-bond donors (Lipinski definition) is 1. The quantitative estimate of drug-likeness (QED) is 0.773. The van der Waals surface area contributed by atoms with E-state index in [-0.39, 0.29) is 17.2 Å². The molecule has 5 heteroatoms. The topological polar surface area (TPSA) is 58.6 Å².